The molecule has 1 aromatic rings. The molecule has 1 aromatic carbocycles. The first-order valence-corrected chi connectivity index (χ1v) is 5.83. The van der Waals surface area contributed by atoms with Gasteiger partial charge in [0.05, 0.1) is 11.3 Å². The number of amides is 1. The Labute approximate surface area is 122 Å². The van der Waals surface area contributed by atoms with E-state index >= 15 is 0 Å². The van der Waals surface area contributed by atoms with Gasteiger partial charge in [-0.05, 0) is 40.8 Å². The molecule has 1 rings (SSSR count). The molecular formula is C10H5F5INO3. The number of carbonyl (C=O) groups excluding carboxylic acids is 1. The van der Waals surface area contributed by atoms with Gasteiger partial charge in [0, 0.05) is 3.57 Å². The Hall–Kier alpha value is -1.46. The standard InChI is InChI=1S/C10H5F5INO3/c11-9(12,10(13,14)15)8(20)17-6-2-1-4(16)3-5(6)7(18)19/h1-3H,(H,17,20)(H,18,19). The number of carbonyl (C=O) groups is 2. The van der Waals surface area contributed by atoms with Crippen molar-refractivity contribution in [2.45, 2.75) is 12.1 Å². The highest BCUT2D eigenvalue weighted by molar-refractivity contribution is 14.1. The van der Waals surface area contributed by atoms with Gasteiger partial charge in [-0.1, -0.05) is 0 Å². The number of carboxylic acids is 1. The summed E-state index contributed by atoms with van der Waals surface area (Å²) in [5, 5.41) is 10.1. The zero-order valence-electron chi connectivity index (χ0n) is 9.26. The Bertz CT molecular complexity index is 558. The van der Waals surface area contributed by atoms with Gasteiger partial charge in [-0.2, -0.15) is 22.0 Å². The van der Waals surface area contributed by atoms with E-state index in [4.69, 9.17) is 5.11 Å². The summed E-state index contributed by atoms with van der Waals surface area (Å²) < 4.78 is 61.8. The topological polar surface area (TPSA) is 66.4 Å². The van der Waals surface area contributed by atoms with Crippen molar-refractivity contribution in [2.24, 2.45) is 0 Å². The van der Waals surface area contributed by atoms with Gasteiger partial charge in [-0.15, -0.1) is 0 Å². The molecule has 0 aromatic heterocycles. The Morgan fingerprint density at radius 3 is 2.15 bits per heavy atom. The summed E-state index contributed by atoms with van der Waals surface area (Å²) in [4.78, 5) is 21.8. The second kappa shape index (κ2) is 5.50. The smallest absolute Gasteiger partial charge is 0.463 e. The molecule has 0 fully saturated rings. The summed E-state index contributed by atoms with van der Waals surface area (Å²) >= 11 is 1.71. The summed E-state index contributed by atoms with van der Waals surface area (Å²) in [5.41, 5.74) is -1.24. The molecular weight excluding hydrogens is 404 g/mol. The maximum atomic E-state index is 12.7. The molecule has 0 radical (unpaired) electrons. The summed E-state index contributed by atoms with van der Waals surface area (Å²) in [6.07, 6.45) is -6.07. The van der Waals surface area contributed by atoms with Crippen LogP contribution in [0.4, 0.5) is 27.6 Å². The van der Waals surface area contributed by atoms with Gasteiger partial charge < -0.3 is 10.4 Å². The van der Waals surface area contributed by atoms with Gasteiger partial charge in [0.25, 0.3) is 0 Å². The lowest BCUT2D eigenvalue weighted by Crippen LogP contribution is -2.47. The number of alkyl halides is 5. The van der Waals surface area contributed by atoms with Gasteiger partial charge in [-0.3, -0.25) is 4.79 Å². The third-order valence-electron chi connectivity index (χ3n) is 2.10. The van der Waals surface area contributed by atoms with Gasteiger partial charge in [-0.25, -0.2) is 4.79 Å². The third-order valence-corrected chi connectivity index (χ3v) is 2.77. The molecule has 20 heavy (non-hydrogen) atoms. The first-order valence-electron chi connectivity index (χ1n) is 4.75. The van der Waals surface area contributed by atoms with Crippen molar-refractivity contribution in [3.8, 4) is 0 Å². The zero-order chi connectivity index (χ0) is 15.7. The fourth-order valence-corrected chi connectivity index (χ4v) is 1.62. The minimum Gasteiger partial charge on any atom is -0.478 e. The highest BCUT2D eigenvalue weighted by Gasteiger charge is 2.63. The Kier molecular flexibility index (Phi) is 4.56. The number of rotatable bonds is 3. The molecule has 0 unspecified atom stereocenters. The highest BCUT2D eigenvalue weighted by atomic mass is 127. The average molecular weight is 409 g/mol. The fraction of sp³-hybridized carbons (Fsp3) is 0.200. The van der Waals surface area contributed by atoms with Crippen LogP contribution in [0.3, 0.4) is 0 Å². The van der Waals surface area contributed by atoms with E-state index in [1.165, 1.54) is 11.4 Å². The number of aromatic carboxylic acids is 1. The van der Waals surface area contributed by atoms with E-state index in [0.717, 1.165) is 12.1 Å². The minimum absolute atomic E-state index is 0.403. The SMILES string of the molecule is O=C(O)c1cc(I)ccc1NC(=O)C(F)(F)C(F)(F)F. The maximum absolute atomic E-state index is 12.7. The molecule has 0 atom stereocenters. The summed E-state index contributed by atoms with van der Waals surface area (Å²) in [6, 6.07) is 3.19. The molecule has 4 nitrogen and oxygen atoms in total. The van der Waals surface area contributed by atoms with Crippen molar-refractivity contribution in [1.82, 2.24) is 0 Å². The number of carboxylic acid groups (broad SMARTS) is 1. The molecule has 0 heterocycles. The van der Waals surface area contributed by atoms with Crippen LogP contribution in [0.2, 0.25) is 0 Å². The lowest BCUT2D eigenvalue weighted by molar-refractivity contribution is -0.267. The first-order chi connectivity index (χ1) is 8.96. The number of halogens is 6. The summed E-state index contributed by atoms with van der Waals surface area (Å²) in [5.74, 6) is -9.84. The van der Waals surface area contributed by atoms with Crippen molar-refractivity contribution < 1.29 is 36.6 Å². The Morgan fingerprint density at radius 1 is 1.15 bits per heavy atom. The largest absolute Gasteiger partial charge is 0.478 e. The van der Waals surface area contributed by atoms with Crippen LogP contribution in [-0.2, 0) is 4.79 Å². The first kappa shape index (κ1) is 16.6. The van der Waals surface area contributed by atoms with Crippen molar-refractivity contribution in [1.29, 1.82) is 0 Å². The normalized spacial score (nSPS) is 12.1. The Morgan fingerprint density at radius 2 is 1.70 bits per heavy atom. The fourth-order valence-electron chi connectivity index (χ4n) is 1.13. The number of hydrogen-bond donors (Lipinski definition) is 2. The number of nitrogens with one attached hydrogen (secondary N) is 1. The van der Waals surface area contributed by atoms with E-state index in [9.17, 15) is 31.5 Å². The number of benzene rings is 1. The van der Waals surface area contributed by atoms with Gasteiger partial charge in [0.15, 0.2) is 0 Å². The van der Waals surface area contributed by atoms with E-state index in [1.807, 2.05) is 0 Å². The summed E-state index contributed by atoms with van der Waals surface area (Å²) in [7, 11) is 0. The van der Waals surface area contributed by atoms with Gasteiger partial charge in [0.1, 0.15) is 0 Å². The number of anilines is 1. The highest BCUT2D eigenvalue weighted by Crippen LogP contribution is 2.36. The molecule has 0 bridgehead atoms. The van der Waals surface area contributed by atoms with E-state index in [0.29, 0.717) is 3.57 Å². The molecule has 110 valence electrons. The van der Waals surface area contributed by atoms with Crippen LogP contribution in [0.1, 0.15) is 10.4 Å². The van der Waals surface area contributed by atoms with Crippen LogP contribution in [0, 0.1) is 3.57 Å². The second-order valence-corrected chi connectivity index (χ2v) is 4.77. The van der Waals surface area contributed by atoms with E-state index in [-0.39, 0.29) is 0 Å². The maximum Gasteiger partial charge on any atom is 0.463 e. The van der Waals surface area contributed by atoms with Crippen LogP contribution in [0.5, 0.6) is 0 Å². The van der Waals surface area contributed by atoms with Gasteiger partial charge >= 0.3 is 24.0 Å². The van der Waals surface area contributed by atoms with Crippen molar-refractivity contribution in [3.63, 3.8) is 0 Å². The average Bonchev–Trinajstić information content (AvgIpc) is 2.29. The molecule has 1 amide bonds. The van der Waals surface area contributed by atoms with Gasteiger partial charge in [0.2, 0.25) is 0 Å². The third kappa shape index (κ3) is 3.35. The molecule has 0 aliphatic heterocycles. The van der Waals surface area contributed by atoms with E-state index in [1.54, 1.807) is 22.6 Å². The monoisotopic (exact) mass is 409 g/mol. The predicted molar refractivity (Wildman–Crippen MR) is 65.7 cm³/mol. The lowest BCUT2D eigenvalue weighted by atomic mass is 10.1. The molecule has 0 aliphatic carbocycles. The molecule has 0 aliphatic rings. The minimum atomic E-state index is -6.07. The zero-order valence-corrected chi connectivity index (χ0v) is 11.4. The molecule has 10 heteroatoms. The van der Waals surface area contributed by atoms with Crippen molar-refractivity contribution >= 4 is 40.2 Å². The molecule has 0 saturated carbocycles. The molecule has 0 spiro atoms. The van der Waals surface area contributed by atoms with Crippen LogP contribution in [0.25, 0.3) is 0 Å². The van der Waals surface area contributed by atoms with Crippen molar-refractivity contribution in [2.75, 3.05) is 5.32 Å². The molecule has 0 saturated heterocycles. The van der Waals surface area contributed by atoms with Crippen LogP contribution in [0.15, 0.2) is 18.2 Å². The second-order valence-electron chi connectivity index (χ2n) is 3.52. The summed E-state index contributed by atoms with van der Waals surface area (Å²) in [6.45, 7) is 0. The lowest BCUT2D eigenvalue weighted by Gasteiger charge is -2.19. The van der Waals surface area contributed by atoms with Crippen LogP contribution >= 0.6 is 22.6 Å². The number of hydrogen-bond acceptors (Lipinski definition) is 2. The Balaban J connectivity index is 3.12. The van der Waals surface area contributed by atoms with Crippen molar-refractivity contribution in [3.05, 3.63) is 27.3 Å². The quantitative estimate of drug-likeness (QED) is 0.596. The van der Waals surface area contributed by atoms with Crippen LogP contribution < -0.4 is 5.32 Å². The van der Waals surface area contributed by atoms with E-state index in [2.05, 4.69) is 0 Å². The molecule has 2 N–H and O–H groups in total. The van der Waals surface area contributed by atoms with Crippen LogP contribution in [-0.4, -0.2) is 29.1 Å². The van der Waals surface area contributed by atoms with E-state index < -0.39 is 35.2 Å². The predicted octanol–water partition coefficient (Wildman–Crippen LogP) is 3.13.